The highest BCUT2D eigenvalue weighted by atomic mass is 16.5. The van der Waals surface area contributed by atoms with E-state index in [1.165, 1.54) is 5.56 Å². The summed E-state index contributed by atoms with van der Waals surface area (Å²) in [4.78, 5) is 2.34. The first kappa shape index (κ1) is 15.8. The molecule has 4 nitrogen and oxygen atoms in total. The highest BCUT2D eigenvalue weighted by Crippen LogP contribution is 2.38. The van der Waals surface area contributed by atoms with E-state index in [2.05, 4.69) is 17.0 Å². The van der Waals surface area contributed by atoms with Crippen LogP contribution >= 0.6 is 0 Å². The van der Waals surface area contributed by atoms with Crippen LogP contribution in [-0.4, -0.2) is 41.9 Å². The lowest BCUT2D eigenvalue weighted by Gasteiger charge is -2.18. The summed E-state index contributed by atoms with van der Waals surface area (Å²) >= 11 is 0. The van der Waals surface area contributed by atoms with E-state index in [9.17, 15) is 10.2 Å². The number of hydrogen-bond donors (Lipinski definition) is 2. The molecule has 0 spiro atoms. The second kappa shape index (κ2) is 7.02. The molecule has 1 fully saturated rings. The lowest BCUT2D eigenvalue weighted by atomic mass is 9.89. The van der Waals surface area contributed by atoms with E-state index in [1.807, 2.05) is 30.3 Å². The van der Waals surface area contributed by atoms with Gasteiger partial charge in [-0.05, 0) is 17.2 Å². The van der Waals surface area contributed by atoms with E-state index < -0.39 is 0 Å². The fourth-order valence-corrected chi connectivity index (χ4v) is 3.43. The molecule has 0 aromatic heterocycles. The first-order valence-corrected chi connectivity index (χ1v) is 7.95. The molecule has 0 saturated carbocycles. The predicted molar refractivity (Wildman–Crippen MR) is 89.7 cm³/mol. The van der Waals surface area contributed by atoms with Crippen LogP contribution in [0.1, 0.15) is 17.0 Å². The summed E-state index contributed by atoms with van der Waals surface area (Å²) in [6.07, 6.45) is 0. The van der Waals surface area contributed by atoms with Crippen LogP contribution in [0.4, 0.5) is 0 Å². The molecule has 2 N–H and O–H groups in total. The molecule has 1 aliphatic heterocycles. The third kappa shape index (κ3) is 3.49. The monoisotopic (exact) mass is 313 g/mol. The number of rotatable bonds is 5. The zero-order chi connectivity index (χ0) is 16.2. The molecule has 0 bridgehead atoms. The fourth-order valence-electron chi connectivity index (χ4n) is 3.43. The van der Waals surface area contributed by atoms with Gasteiger partial charge in [-0.15, -0.1) is 0 Å². The molecule has 23 heavy (non-hydrogen) atoms. The number of likely N-dealkylation sites (tertiary alicyclic amines) is 1. The number of phenolic OH excluding ortho intramolecular Hbond substituents is 1. The van der Waals surface area contributed by atoms with Crippen LogP contribution in [0.2, 0.25) is 0 Å². The lowest BCUT2D eigenvalue weighted by molar-refractivity contribution is 0.213. The maximum atomic E-state index is 10.3. The maximum absolute atomic E-state index is 10.3. The third-order valence-electron chi connectivity index (χ3n) is 4.64. The SMILES string of the molecule is COc1ccc([C@@H]2CN(Cc3ccccc3)C[C@@H]2CO)c(O)c1. The Hall–Kier alpha value is -2.04. The minimum atomic E-state index is 0.126. The number of aromatic hydroxyl groups is 1. The summed E-state index contributed by atoms with van der Waals surface area (Å²) in [6, 6.07) is 15.8. The van der Waals surface area contributed by atoms with Crippen molar-refractivity contribution in [1.82, 2.24) is 4.90 Å². The van der Waals surface area contributed by atoms with Gasteiger partial charge >= 0.3 is 0 Å². The van der Waals surface area contributed by atoms with Gasteiger partial charge in [0.15, 0.2) is 0 Å². The Morgan fingerprint density at radius 1 is 1.13 bits per heavy atom. The molecular weight excluding hydrogens is 290 g/mol. The molecule has 1 saturated heterocycles. The largest absolute Gasteiger partial charge is 0.508 e. The van der Waals surface area contributed by atoms with Crippen LogP contribution in [-0.2, 0) is 6.54 Å². The standard InChI is InChI=1S/C19H23NO3/c1-23-16-7-8-17(19(22)9-16)18-12-20(11-15(18)13-21)10-14-5-3-2-4-6-14/h2-9,15,18,21-22H,10-13H2,1H3/t15-,18-/m1/s1. The molecule has 0 amide bonds. The smallest absolute Gasteiger partial charge is 0.122 e. The van der Waals surface area contributed by atoms with Crippen LogP contribution in [0.25, 0.3) is 0 Å². The van der Waals surface area contributed by atoms with Crippen molar-refractivity contribution in [3.63, 3.8) is 0 Å². The van der Waals surface area contributed by atoms with Crippen LogP contribution < -0.4 is 4.74 Å². The van der Waals surface area contributed by atoms with Gasteiger partial charge in [-0.3, -0.25) is 4.90 Å². The summed E-state index contributed by atoms with van der Waals surface area (Å²) in [5.74, 6) is 1.16. The van der Waals surface area contributed by atoms with Crippen LogP contribution in [0, 0.1) is 5.92 Å². The van der Waals surface area contributed by atoms with Crippen molar-refractivity contribution in [2.24, 2.45) is 5.92 Å². The number of benzene rings is 2. The number of ether oxygens (including phenoxy) is 1. The predicted octanol–water partition coefficient (Wildman–Crippen LogP) is 2.61. The normalized spacial score (nSPS) is 21.5. The number of phenols is 1. The number of aliphatic hydroxyl groups excluding tert-OH is 1. The molecule has 0 unspecified atom stereocenters. The lowest BCUT2D eigenvalue weighted by Crippen LogP contribution is -2.20. The average molecular weight is 313 g/mol. The third-order valence-corrected chi connectivity index (χ3v) is 4.64. The number of hydrogen-bond acceptors (Lipinski definition) is 4. The minimum absolute atomic E-state index is 0.126. The van der Waals surface area contributed by atoms with E-state index in [4.69, 9.17) is 4.74 Å². The topological polar surface area (TPSA) is 52.9 Å². The summed E-state index contributed by atoms with van der Waals surface area (Å²) in [5.41, 5.74) is 2.16. The van der Waals surface area contributed by atoms with Crippen molar-refractivity contribution in [1.29, 1.82) is 0 Å². The van der Waals surface area contributed by atoms with Crippen LogP contribution in [0.3, 0.4) is 0 Å². The van der Waals surface area contributed by atoms with Crippen molar-refractivity contribution in [2.45, 2.75) is 12.5 Å². The van der Waals surface area contributed by atoms with Gasteiger partial charge in [0.1, 0.15) is 11.5 Å². The maximum Gasteiger partial charge on any atom is 0.122 e. The van der Waals surface area contributed by atoms with Crippen molar-refractivity contribution < 1.29 is 14.9 Å². The molecule has 2 atom stereocenters. The Morgan fingerprint density at radius 3 is 2.57 bits per heavy atom. The minimum Gasteiger partial charge on any atom is -0.508 e. The van der Waals surface area contributed by atoms with Gasteiger partial charge in [-0.2, -0.15) is 0 Å². The summed E-state index contributed by atoms with van der Waals surface area (Å²) in [7, 11) is 1.59. The Kier molecular flexibility index (Phi) is 4.84. The number of aliphatic hydroxyl groups is 1. The number of nitrogens with zero attached hydrogens (tertiary/aromatic N) is 1. The Labute approximate surface area is 136 Å². The van der Waals surface area contributed by atoms with Crippen molar-refractivity contribution in [2.75, 3.05) is 26.8 Å². The quantitative estimate of drug-likeness (QED) is 0.891. The van der Waals surface area contributed by atoms with Gasteiger partial charge in [0.25, 0.3) is 0 Å². The van der Waals surface area contributed by atoms with Crippen LogP contribution in [0.15, 0.2) is 48.5 Å². The van der Waals surface area contributed by atoms with E-state index in [1.54, 1.807) is 13.2 Å². The van der Waals surface area contributed by atoms with Crippen molar-refractivity contribution in [3.05, 3.63) is 59.7 Å². The molecule has 0 aliphatic carbocycles. The summed E-state index contributed by atoms with van der Waals surface area (Å²) < 4.78 is 5.15. The first-order valence-electron chi connectivity index (χ1n) is 7.95. The Morgan fingerprint density at radius 2 is 1.91 bits per heavy atom. The zero-order valence-corrected chi connectivity index (χ0v) is 13.4. The second-order valence-corrected chi connectivity index (χ2v) is 6.15. The van der Waals surface area contributed by atoms with E-state index in [-0.39, 0.29) is 24.2 Å². The van der Waals surface area contributed by atoms with Crippen molar-refractivity contribution >= 4 is 0 Å². The van der Waals surface area contributed by atoms with Gasteiger partial charge in [0, 0.05) is 44.1 Å². The molecule has 1 heterocycles. The average Bonchev–Trinajstić information content (AvgIpc) is 2.98. The molecule has 4 heteroatoms. The number of methoxy groups -OCH3 is 1. The van der Waals surface area contributed by atoms with Gasteiger partial charge in [-0.25, -0.2) is 0 Å². The molecular formula is C19H23NO3. The molecule has 1 aliphatic rings. The van der Waals surface area contributed by atoms with Gasteiger partial charge in [0.2, 0.25) is 0 Å². The molecule has 2 aromatic carbocycles. The van der Waals surface area contributed by atoms with E-state index in [0.717, 1.165) is 25.2 Å². The fraction of sp³-hybridized carbons (Fsp3) is 0.368. The van der Waals surface area contributed by atoms with Crippen molar-refractivity contribution in [3.8, 4) is 11.5 Å². The highest BCUT2D eigenvalue weighted by Gasteiger charge is 2.34. The molecule has 122 valence electrons. The zero-order valence-electron chi connectivity index (χ0n) is 13.4. The van der Waals surface area contributed by atoms with Gasteiger partial charge < -0.3 is 14.9 Å². The van der Waals surface area contributed by atoms with E-state index >= 15 is 0 Å². The molecule has 2 aromatic rings. The molecule has 3 rings (SSSR count). The van der Waals surface area contributed by atoms with Gasteiger partial charge in [0.05, 0.1) is 7.11 Å². The van der Waals surface area contributed by atoms with E-state index in [0.29, 0.717) is 5.75 Å². The Balaban J connectivity index is 1.77. The molecule has 0 radical (unpaired) electrons. The van der Waals surface area contributed by atoms with Crippen LogP contribution in [0.5, 0.6) is 11.5 Å². The second-order valence-electron chi connectivity index (χ2n) is 6.15. The first-order chi connectivity index (χ1) is 11.2. The summed E-state index contributed by atoms with van der Waals surface area (Å²) in [6.45, 7) is 2.66. The highest BCUT2D eigenvalue weighted by molar-refractivity contribution is 5.42. The summed E-state index contributed by atoms with van der Waals surface area (Å²) in [5, 5.41) is 20.0. The van der Waals surface area contributed by atoms with Gasteiger partial charge in [-0.1, -0.05) is 36.4 Å². The Bertz CT molecular complexity index is 644.